The van der Waals surface area contributed by atoms with E-state index in [-0.39, 0.29) is 24.8 Å². The predicted octanol–water partition coefficient (Wildman–Crippen LogP) is 0.903. The van der Waals surface area contributed by atoms with Crippen molar-refractivity contribution in [3.63, 3.8) is 0 Å². The Morgan fingerprint density at radius 1 is 1.29 bits per heavy atom. The second-order valence-electron chi connectivity index (χ2n) is 5.97. The highest BCUT2D eigenvalue weighted by Gasteiger charge is 2.16. The zero-order valence-electron chi connectivity index (χ0n) is 13.9. The van der Waals surface area contributed by atoms with Crippen LogP contribution in [-0.2, 0) is 22.6 Å². The Bertz CT molecular complexity index is 518. The normalized spacial score (nSPS) is 10.8. The molecule has 21 heavy (non-hydrogen) atoms. The molecule has 0 saturated carbocycles. The molecule has 0 atom stereocenters. The SMILES string of the molecule is Cc1nn(CC(C)C)c(C)c1CC(=O)NCC(=O)N(C)C. The number of carbonyl (C=O) groups excluding carboxylic acids is 2. The zero-order valence-corrected chi connectivity index (χ0v) is 13.9. The van der Waals surface area contributed by atoms with E-state index in [1.54, 1.807) is 14.1 Å². The van der Waals surface area contributed by atoms with E-state index >= 15 is 0 Å². The molecule has 0 unspecified atom stereocenters. The molecule has 0 fully saturated rings. The summed E-state index contributed by atoms with van der Waals surface area (Å²) in [5.74, 6) is 0.232. The van der Waals surface area contributed by atoms with Gasteiger partial charge in [-0.15, -0.1) is 0 Å². The third-order valence-electron chi connectivity index (χ3n) is 3.34. The van der Waals surface area contributed by atoms with E-state index < -0.39 is 0 Å². The summed E-state index contributed by atoms with van der Waals surface area (Å²) in [6.07, 6.45) is 0.260. The molecule has 0 radical (unpaired) electrons. The van der Waals surface area contributed by atoms with Crippen LogP contribution < -0.4 is 5.32 Å². The Morgan fingerprint density at radius 2 is 1.90 bits per heavy atom. The minimum atomic E-state index is -0.152. The van der Waals surface area contributed by atoms with Crippen LogP contribution in [0.1, 0.15) is 30.8 Å². The number of hydrogen-bond donors (Lipinski definition) is 1. The van der Waals surface area contributed by atoms with E-state index in [0.717, 1.165) is 23.5 Å². The molecule has 1 aromatic rings. The van der Waals surface area contributed by atoms with Crippen molar-refractivity contribution in [1.29, 1.82) is 0 Å². The first-order chi connectivity index (χ1) is 9.72. The van der Waals surface area contributed by atoms with Gasteiger partial charge in [0, 0.05) is 31.9 Å². The highest BCUT2D eigenvalue weighted by Crippen LogP contribution is 2.15. The topological polar surface area (TPSA) is 67.2 Å². The number of amides is 2. The van der Waals surface area contributed by atoms with E-state index in [2.05, 4.69) is 24.3 Å². The van der Waals surface area contributed by atoms with Crippen LogP contribution in [0.25, 0.3) is 0 Å². The van der Waals surface area contributed by atoms with Gasteiger partial charge in [0.15, 0.2) is 0 Å². The smallest absolute Gasteiger partial charge is 0.241 e. The summed E-state index contributed by atoms with van der Waals surface area (Å²) in [6.45, 7) is 9.04. The fraction of sp³-hybridized carbons (Fsp3) is 0.667. The van der Waals surface area contributed by atoms with Gasteiger partial charge in [-0.2, -0.15) is 5.10 Å². The van der Waals surface area contributed by atoms with Crippen LogP contribution in [0.5, 0.6) is 0 Å². The van der Waals surface area contributed by atoms with Crippen LogP contribution in [-0.4, -0.2) is 47.1 Å². The molecule has 0 saturated heterocycles. The molecule has 1 heterocycles. The minimum Gasteiger partial charge on any atom is -0.347 e. The van der Waals surface area contributed by atoms with Crippen LogP contribution in [0, 0.1) is 19.8 Å². The summed E-state index contributed by atoms with van der Waals surface area (Å²) in [5, 5.41) is 7.14. The molecule has 1 rings (SSSR count). The van der Waals surface area contributed by atoms with Gasteiger partial charge in [0.25, 0.3) is 0 Å². The minimum absolute atomic E-state index is 0.0318. The highest BCUT2D eigenvalue weighted by molar-refractivity contribution is 5.85. The summed E-state index contributed by atoms with van der Waals surface area (Å²) < 4.78 is 1.95. The molecule has 1 aromatic heterocycles. The van der Waals surface area contributed by atoms with E-state index in [0.29, 0.717) is 5.92 Å². The average molecular weight is 294 g/mol. The van der Waals surface area contributed by atoms with Gasteiger partial charge in [-0.05, 0) is 19.8 Å². The number of nitrogens with zero attached hydrogens (tertiary/aromatic N) is 3. The number of aryl methyl sites for hydroxylation is 1. The number of aromatic nitrogens is 2. The maximum absolute atomic E-state index is 12.0. The molecule has 0 aliphatic carbocycles. The lowest BCUT2D eigenvalue weighted by Crippen LogP contribution is -2.37. The maximum atomic E-state index is 12.0. The molecular formula is C15H26N4O2. The molecule has 6 heteroatoms. The van der Waals surface area contributed by atoms with Crippen LogP contribution in [0.3, 0.4) is 0 Å². The highest BCUT2D eigenvalue weighted by atomic mass is 16.2. The molecule has 0 bridgehead atoms. The first-order valence-corrected chi connectivity index (χ1v) is 7.22. The molecule has 118 valence electrons. The molecule has 0 aromatic carbocycles. The van der Waals surface area contributed by atoms with Gasteiger partial charge in [0.1, 0.15) is 0 Å². The molecule has 2 amide bonds. The lowest BCUT2D eigenvalue weighted by atomic mass is 10.1. The van der Waals surface area contributed by atoms with Crippen molar-refractivity contribution in [3.8, 4) is 0 Å². The molecule has 6 nitrogen and oxygen atoms in total. The maximum Gasteiger partial charge on any atom is 0.241 e. The van der Waals surface area contributed by atoms with Crippen molar-refractivity contribution < 1.29 is 9.59 Å². The summed E-state index contributed by atoms with van der Waals surface area (Å²) in [5.41, 5.74) is 2.85. The molecular weight excluding hydrogens is 268 g/mol. The van der Waals surface area contributed by atoms with Crippen molar-refractivity contribution in [2.24, 2.45) is 5.92 Å². The number of hydrogen-bond acceptors (Lipinski definition) is 3. The fourth-order valence-corrected chi connectivity index (χ4v) is 2.07. The quantitative estimate of drug-likeness (QED) is 0.848. The van der Waals surface area contributed by atoms with E-state index in [1.807, 2.05) is 18.5 Å². The standard InChI is InChI=1S/C15H26N4O2/c1-10(2)9-19-12(4)13(11(3)17-19)7-14(20)16-8-15(21)18(5)6/h10H,7-9H2,1-6H3,(H,16,20). The Hall–Kier alpha value is -1.85. The van der Waals surface area contributed by atoms with Crippen molar-refractivity contribution in [1.82, 2.24) is 20.0 Å². The van der Waals surface area contributed by atoms with Gasteiger partial charge in [0.05, 0.1) is 18.7 Å². The third-order valence-corrected chi connectivity index (χ3v) is 3.34. The van der Waals surface area contributed by atoms with Gasteiger partial charge in [-0.25, -0.2) is 0 Å². The molecule has 0 spiro atoms. The van der Waals surface area contributed by atoms with Crippen molar-refractivity contribution >= 4 is 11.8 Å². The van der Waals surface area contributed by atoms with Crippen molar-refractivity contribution in [3.05, 3.63) is 17.0 Å². The second-order valence-corrected chi connectivity index (χ2v) is 5.97. The van der Waals surface area contributed by atoms with Gasteiger partial charge < -0.3 is 10.2 Å². The first-order valence-electron chi connectivity index (χ1n) is 7.22. The van der Waals surface area contributed by atoms with Crippen LogP contribution >= 0.6 is 0 Å². The third kappa shape index (κ3) is 4.88. The Labute approximate surface area is 126 Å². The first kappa shape index (κ1) is 17.2. The number of carbonyl (C=O) groups is 2. The van der Waals surface area contributed by atoms with Gasteiger partial charge in [-0.1, -0.05) is 13.8 Å². The number of rotatable bonds is 6. The summed E-state index contributed by atoms with van der Waals surface area (Å²) in [7, 11) is 3.33. The largest absolute Gasteiger partial charge is 0.347 e. The monoisotopic (exact) mass is 294 g/mol. The number of nitrogens with one attached hydrogen (secondary N) is 1. The van der Waals surface area contributed by atoms with E-state index in [4.69, 9.17) is 0 Å². The summed E-state index contributed by atoms with van der Waals surface area (Å²) in [4.78, 5) is 24.9. The molecule has 1 N–H and O–H groups in total. The molecule has 0 aliphatic heterocycles. The van der Waals surface area contributed by atoms with Gasteiger partial charge in [-0.3, -0.25) is 14.3 Å². The van der Waals surface area contributed by atoms with Crippen LogP contribution in [0.4, 0.5) is 0 Å². The number of likely N-dealkylation sites (N-methyl/N-ethyl adjacent to an activating group) is 1. The average Bonchev–Trinajstić information content (AvgIpc) is 2.62. The predicted molar refractivity (Wildman–Crippen MR) is 81.9 cm³/mol. The Morgan fingerprint density at radius 3 is 2.43 bits per heavy atom. The van der Waals surface area contributed by atoms with E-state index in [9.17, 15) is 9.59 Å². The zero-order chi connectivity index (χ0) is 16.2. The molecule has 0 aliphatic rings. The lowest BCUT2D eigenvalue weighted by Gasteiger charge is -2.11. The second kappa shape index (κ2) is 7.24. The Balaban J connectivity index is 2.68. The van der Waals surface area contributed by atoms with Gasteiger partial charge in [0.2, 0.25) is 11.8 Å². The van der Waals surface area contributed by atoms with Crippen LogP contribution in [0.15, 0.2) is 0 Å². The van der Waals surface area contributed by atoms with Crippen molar-refractivity contribution in [2.45, 2.75) is 40.7 Å². The van der Waals surface area contributed by atoms with E-state index in [1.165, 1.54) is 4.90 Å². The fourth-order valence-electron chi connectivity index (χ4n) is 2.07. The van der Waals surface area contributed by atoms with Crippen molar-refractivity contribution in [2.75, 3.05) is 20.6 Å². The summed E-state index contributed by atoms with van der Waals surface area (Å²) >= 11 is 0. The summed E-state index contributed by atoms with van der Waals surface area (Å²) in [6, 6.07) is 0. The lowest BCUT2D eigenvalue weighted by molar-refractivity contribution is -0.130. The van der Waals surface area contributed by atoms with Crippen LogP contribution in [0.2, 0.25) is 0 Å². The Kier molecular flexibility index (Phi) is 5.93. The van der Waals surface area contributed by atoms with Gasteiger partial charge >= 0.3 is 0 Å².